The zero-order chi connectivity index (χ0) is 20.2. The van der Waals surface area contributed by atoms with Crippen LogP contribution in [0.25, 0.3) is 33.4 Å². The standard InChI is InChI=1S/C22H17ClN6/c1-2-3-9-25-22-18(12-24)27-21(20(28-22)14-7-5-4-6-8-14)15-10-16-13-26-29-19(16)17(23)11-15/h2-8,10-11,13H,9H2,1H3,(H,25,28)(H,26,29)/b3-2+. The van der Waals surface area contributed by atoms with E-state index in [2.05, 4.69) is 26.6 Å². The maximum atomic E-state index is 9.65. The first-order valence-corrected chi connectivity index (χ1v) is 9.44. The molecule has 2 N–H and O–H groups in total. The maximum Gasteiger partial charge on any atom is 0.183 e. The number of rotatable bonds is 5. The number of fused-ring (bicyclic) bond motifs is 1. The molecule has 0 amide bonds. The molecule has 0 aliphatic rings. The van der Waals surface area contributed by atoms with E-state index < -0.39 is 0 Å². The van der Waals surface area contributed by atoms with Crippen molar-refractivity contribution in [2.45, 2.75) is 6.92 Å². The van der Waals surface area contributed by atoms with Crippen LogP contribution in [0.5, 0.6) is 0 Å². The molecule has 4 aromatic rings. The molecule has 0 bridgehead atoms. The number of halogens is 1. The molecule has 0 radical (unpaired) electrons. The number of allylic oxidation sites excluding steroid dienone is 1. The number of benzene rings is 2. The minimum atomic E-state index is 0.229. The van der Waals surface area contributed by atoms with Crippen LogP contribution in [0.3, 0.4) is 0 Å². The summed E-state index contributed by atoms with van der Waals surface area (Å²) in [5.41, 5.74) is 3.92. The molecule has 0 spiro atoms. The molecule has 0 fully saturated rings. The van der Waals surface area contributed by atoms with Gasteiger partial charge in [-0.15, -0.1) is 0 Å². The van der Waals surface area contributed by atoms with Gasteiger partial charge in [-0.1, -0.05) is 54.1 Å². The normalized spacial score (nSPS) is 11.1. The van der Waals surface area contributed by atoms with Gasteiger partial charge in [0.05, 0.1) is 28.1 Å². The average molecular weight is 401 g/mol. The molecular formula is C22H17ClN6. The van der Waals surface area contributed by atoms with E-state index >= 15 is 0 Å². The molecule has 2 aromatic carbocycles. The van der Waals surface area contributed by atoms with E-state index in [1.807, 2.05) is 61.5 Å². The van der Waals surface area contributed by atoms with Crippen molar-refractivity contribution >= 4 is 28.3 Å². The second-order valence-corrected chi connectivity index (χ2v) is 6.75. The molecule has 0 aliphatic carbocycles. The highest BCUT2D eigenvalue weighted by atomic mass is 35.5. The SMILES string of the molecule is C/C=C/CNc1nc(-c2ccccc2)c(-c2cc(Cl)c3[nH]ncc3c2)nc1C#N. The fourth-order valence-corrected chi connectivity index (χ4v) is 3.33. The zero-order valence-electron chi connectivity index (χ0n) is 15.6. The number of nitriles is 1. The Kier molecular flexibility index (Phi) is 5.23. The Bertz CT molecular complexity index is 1240. The van der Waals surface area contributed by atoms with E-state index in [1.54, 1.807) is 6.20 Å². The quantitative estimate of drug-likeness (QED) is 0.449. The number of aromatic nitrogens is 4. The van der Waals surface area contributed by atoms with Crippen molar-refractivity contribution in [2.75, 3.05) is 11.9 Å². The van der Waals surface area contributed by atoms with Gasteiger partial charge in [-0.2, -0.15) is 10.4 Å². The number of aromatic amines is 1. The van der Waals surface area contributed by atoms with Gasteiger partial charge in [0, 0.05) is 23.1 Å². The van der Waals surface area contributed by atoms with Crippen molar-refractivity contribution in [2.24, 2.45) is 0 Å². The number of hydrogen-bond donors (Lipinski definition) is 2. The molecule has 0 aliphatic heterocycles. The van der Waals surface area contributed by atoms with Crippen LogP contribution < -0.4 is 5.32 Å². The summed E-state index contributed by atoms with van der Waals surface area (Å²) in [7, 11) is 0. The van der Waals surface area contributed by atoms with Gasteiger partial charge < -0.3 is 5.32 Å². The molecule has 0 saturated heterocycles. The van der Waals surface area contributed by atoms with Crippen LogP contribution in [-0.2, 0) is 0 Å². The van der Waals surface area contributed by atoms with Crippen LogP contribution in [0.2, 0.25) is 5.02 Å². The Morgan fingerprint density at radius 1 is 1.14 bits per heavy atom. The minimum absolute atomic E-state index is 0.229. The third-order valence-corrected chi connectivity index (χ3v) is 4.74. The van der Waals surface area contributed by atoms with Crippen molar-refractivity contribution in [3.8, 4) is 28.6 Å². The fraction of sp³-hybridized carbons (Fsp3) is 0.0909. The first-order chi connectivity index (χ1) is 14.2. The van der Waals surface area contributed by atoms with Crippen molar-refractivity contribution in [1.82, 2.24) is 20.2 Å². The second kappa shape index (κ2) is 8.13. The van der Waals surface area contributed by atoms with Crippen molar-refractivity contribution in [3.05, 3.63) is 71.5 Å². The van der Waals surface area contributed by atoms with E-state index in [0.29, 0.717) is 28.8 Å². The summed E-state index contributed by atoms with van der Waals surface area (Å²) in [6.07, 6.45) is 5.59. The molecule has 142 valence electrons. The van der Waals surface area contributed by atoms with Gasteiger partial charge in [0.15, 0.2) is 11.5 Å². The fourth-order valence-electron chi connectivity index (χ4n) is 3.06. The van der Waals surface area contributed by atoms with E-state index in [4.69, 9.17) is 16.6 Å². The van der Waals surface area contributed by atoms with Crippen LogP contribution in [0.1, 0.15) is 12.6 Å². The van der Waals surface area contributed by atoms with Crippen LogP contribution in [0.15, 0.2) is 60.8 Å². The highest BCUT2D eigenvalue weighted by molar-refractivity contribution is 6.35. The van der Waals surface area contributed by atoms with Crippen molar-refractivity contribution in [3.63, 3.8) is 0 Å². The van der Waals surface area contributed by atoms with Gasteiger partial charge in [-0.3, -0.25) is 5.10 Å². The Morgan fingerprint density at radius 3 is 2.69 bits per heavy atom. The lowest BCUT2D eigenvalue weighted by Gasteiger charge is -2.13. The molecule has 0 unspecified atom stereocenters. The lowest BCUT2D eigenvalue weighted by atomic mass is 10.0. The highest BCUT2D eigenvalue weighted by Crippen LogP contribution is 2.35. The third-order valence-electron chi connectivity index (χ3n) is 4.45. The summed E-state index contributed by atoms with van der Waals surface area (Å²) >= 11 is 6.44. The van der Waals surface area contributed by atoms with Crippen LogP contribution in [0.4, 0.5) is 5.82 Å². The second-order valence-electron chi connectivity index (χ2n) is 6.34. The van der Waals surface area contributed by atoms with Crippen LogP contribution >= 0.6 is 11.6 Å². The number of nitrogens with one attached hydrogen (secondary N) is 2. The predicted octanol–water partition coefficient (Wildman–Crippen LogP) is 5.20. The van der Waals surface area contributed by atoms with Gasteiger partial charge in [0.2, 0.25) is 0 Å². The molecule has 4 rings (SSSR count). The number of anilines is 1. The summed E-state index contributed by atoms with van der Waals surface area (Å²) in [5.74, 6) is 0.448. The van der Waals surface area contributed by atoms with Gasteiger partial charge in [0.25, 0.3) is 0 Å². The maximum absolute atomic E-state index is 9.65. The molecule has 0 atom stereocenters. The van der Waals surface area contributed by atoms with Gasteiger partial charge >= 0.3 is 0 Å². The Morgan fingerprint density at radius 2 is 1.93 bits per heavy atom. The number of H-pyrrole nitrogens is 1. The van der Waals surface area contributed by atoms with Crippen molar-refractivity contribution < 1.29 is 0 Å². The molecule has 29 heavy (non-hydrogen) atoms. The molecule has 0 saturated carbocycles. The lowest BCUT2D eigenvalue weighted by molar-refractivity contribution is 1.12. The summed E-state index contributed by atoms with van der Waals surface area (Å²) in [5, 5.41) is 21.2. The van der Waals surface area contributed by atoms with Gasteiger partial charge in [0.1, 0.15) is 6.07 Å². The van der Waals surface area contributed by atoms with E-state index in [0.717, 1.165) is 22.0 Å². The minimum Gasteiger partial charge on any atom is -0.364 e. The molecule has 7 heteroatoms. The smallest absolute Gasteiger partial charge is 0.183 e. The first-order valence-electron chi connectivity index (χ1n) is 9.07. The molecule has 6 nitrogen and oxygen atoms in total. The lowest BCUT2D eigenvalue weighted by Crippen LogP contribution is -2.07. The Hall–Kier alpha value is -3.69. The topological polar surface area (TPSA) is 90.3 Å². The van der Waals surface area contributed by atoms with E-state index in [1.165, 1.54) is 0 Å². The summed E-state index contributed by atoms with van der Waals surface area (Å²) < 4.78 is 0. The van der Waals surface area contributed by atoms with Gasteiger partial charge in [-0.05, 0) is 19.1 Å². The number of nitrogens with zero attached hydrogens (tertiary/aromatic N) is 4. The van der Waals surface area contributed by atoms with Gasteiger partial charge in [-0.25, -0.2) is 9.97 Å². The zero-order valence-corrected chi connectivity index (χ0v) is 16.4. The largest absolute Gasteiger partial charge is 0.364 e. The predicted molar refractivity (Wildman–Crippen MR) is 116 cm³/mol. The number of hydrogen-bond acceptors (Lipinski definition) is 5. The summed E-state index contributed by atoms with van der Waals surface area (Å²) in [6.45, 7) is 2.49. The highest BCUT2D eigenvalue weighted by Gasteiger charge is 2.18. The third kappa shape index (κ3) is 3.68. The Labute approximate surface area is 172 Å². The van der Waals surface area contributed by atoms with Crippen LogP contribution in [-0.4, -0.2) is 26.7 Å². The van der Waals surface area contributed by atoms with Crippen molar-refractivity contribution in [1.29, 1.82) is 5.26 Å². The van der Waals surface area contributed by atoms with E-state index in [9.17, 15) is 5.26 Å². The van der Waals surface area contributed by atoms with E-state index in [-0.39, 0.29) is 5.69 Å². The summed E-state index contributed by atoms with van der Waals surface area (Å²) in [6, 6.07) is 15.7. The van der Waals surface area contributed by atoms with Crippen LogP contribution in [0, 0.1) is 11.3 Å². The first kappa shape index (κ1) is 18.7. The molecular weight excluding hydrogens is 384 g/mol. The Balaban J connectivity index is 1.94. The summed E-state index contributed by atoms with van der Waals surface area (Å²) in [4.78, 5) is 9.41. The molecule has 2 aromatic heterocycles. The monoisotopic (exact) mass is 400 g/mol. The molecule has 2 heterocycles. The average Bonchev–Trinajstić information content (AvgIpc) is 3.23.